The summed E-state index contributed by atoms with van der Waals surface area (Å²) in [6.45, 7) is 8.01. The van der Waals surface area contributed by atoms with Crippen molar-refractivity contribution in [3.05, 3.63) is 53.9 Å². The molecule has 3 nitrogen and oxygen atoms in total. The van der Waals surface area contributed by atoms with Crippen LogP contribution in [-0.2, 0) is 4.74 Å². The Morgan fingerprint density at radius 1 is 1.00 bits per heavy atom. The van der Waals surface area contributed by atoms with Gasteiger partial charge >= 0.3 is 0 Å². The van der Waals surface area contributed by atoms with Gasteiger partial charge < -0.3 is 4.74 Å². The Morgan fingerprint density at radius 2 is 1.67 bits per heavy atom. The normalized spacial score (nSPS) is 17.6. The maximum absolute atomic E-state index is 5.42. The topological polar surface area (TPSA) is 25.4 Å². The quantitative estimate of drug-likeness (QED) is 0.862. The van der Waals surface area contributed by atoms with E-state index in [0.29, 0.717) is 6.04 Å². The zero-order valence-corrected chi connectivity index (χ0v) is 12.7. The molecule has 0 aliphatic carbocycles. The van der Waals surface area contributed by atoms with Gasteiger partial charge in [-0.3, -0.25) is 9.88 Å². The van der Waals surface area contributed by atoms with Gasteiger partial charge in [-0.1, -0.05) is 30.3 Å². The summed E-state index contributed by atoms with van der Waals surface area (Å²) in [6.07, 6.45) is 1.94. The number of aryl methyl sites for hydroxylation is 1. The fraction of sp³-hybridized carbons (Fsp3) is 0.389. The summed E-state index contributed by atoms with van der Waals surface area (Å²) in [6, 6.07) is 13.5. The first-order valence-electron chi connectivity index (χ1n) is 7.59. The van der Waals surface area contributed by atoms with Crippen molar-refractivity contribution in [3.63, 3.8) is 0 Å². The largest absolute Gasteiger partial charge is 0.379 e. The average Bonchev–Trinajstić information content (AvgIpc) is 2.56. The molecule has 2 heterocycles. The first-order chi connectivity index (χ1) is 10.2. The number of rotatable bonds is 3. The molecule has 1 aliphatic rings. The molecule has 0 N–H and O–H groups in total. The molecule has 0 saturated carbocycles. The van der Waals surface area contributed by atoms with Gasteiger partial charge in [0.05, 0.1) is 13.2 Å². The fourth-order valence-electron chi connectivity index (χ4n) is 2.77. The van der Waals surface area contributed by atoms with E-state index in [-0.39, 0.29) is 0 Å². The number of hydrogen-bond acceptors (Lipinski definition) is 3. The summed E-state index contributed by atoms with van der Waals surface area (Å²) in [7, 11) is 0. The smallest absolute Gasteiger partial charge is 0.0594 e. The highest BCUT2D eigenvalue weighted by Gasteiger charge is 2.18. The van der Waals surface area contributed by atoms with E-state index in [1.165, 1.54) is 16.7 Å². The minimum atomic E-state index is 0.444. The van der Waals surface area contributed by atoms with Crippen molar-refractivity contribution in [3.8, 4) is 11.1 Å². The van der Waals surface area contributed by atoms with Crippen LogP contribution in [0, 0.1) is 6.92 Å². The molecule has 1 aromatic carbocycles. The van der Waals surface area contributed by atoms with Crippen LogP contribution in [0.2, 0.25) is 0 Å². The molecule has 2 aromatic rings. The van der Waals surface area contributed by atoms with Gasteiger partial charge in [-0.25, -0.2) is 0 Å². The molecule has 1 saturated heterocycles. The van der Waals surface area contributed by atoms with Crippen LogP contribution in [0.3, 0.4) is 0 Å². The Hall–Kier alpha value is -1.71. The molecule has 0 bridgehead atoms. The molecule has 3 heteroatoms. The van der Waals surface area contributed by atoms with Crippen molar-refractivity contribution in [1.82, 2.24) is 9.88 Å². The van der Waals surface area contributed by atoms with Gasteiger partial charge in [-0.05, 0) is 31.0 Å². The van der Waals surface area contributed by atoms with Crippen molar-refractivity contribution in [1.29, 1.82) is 0 Å². The standard InChI is InChI=1S/C18H22N2O/c1-14-3-4-18(13-19-14)17-7-5-16(6-8-17)15(2)20-9-11-21-12-10-20/h3-8,13,15H,9-12H2,1-2H3. The van der Waals surface area contributed by atoms with Crippen LogP contribution >= 0.6 is 0 Å². The lowest BCUT2D eigenvalue weighted by atomic mass is 10.0. The summed E-state index contributed by atoms with van der Waals surface area (Å²) in [5.74, 6) is 0. The molecule has 0 radical (unpaired) electrons. The highest BCUT2D eigenvalue weighted by atomic mass is 16.5. The van der Waals surface area contributed by atoms with Gasteiger partial charge in [0.2, 0.25) is 0 Å². The minimum absolute atomic E-state index is 0.444. The first-order valence-corrected chi connectivity index (χ1v) is 7.59. The number of aromatic nitrogens is 1. The Morgan fingerprint density at radius 3 is 2.29 bits per heavy atom. The molecule has 0 amide bonds. The third-order valence-electron chi connectivity index (χ3n) is 4.23. The molecule has 1 unspecified atom stereocenters. The minimum Gasteiger partial charge on any atom is -0.379 e. The lowest BCUT2D eigenvalue weighted by molar-refractivity contribution is 0.0198. The van der Waals surface area contributed by atoms with Crippen LogP contribution < -0.4 is 0 Å². The molecule has 110 valence electrons. The van der Waals surface area contributed by atoms with Crippen LogP contribution in [0.25, 0.3) is 11.1 Å². The number of nitrogens with zero attached hydrogens (tertiary/aromatic N) is 2. The lowest BCUT2D eigenvalue weighted by Gasteiger charge is -2.32. The lowest BCUT2D eigenvalue weighted by Crippen LogP contribution is -2.37. The number of ether oxygens (including phenoxy) is 1. The van der Waals surface area contributed by atoms with Crippen LogP contribution in [0.15, 0.2) is 42.6 Å². The highest BCUT2D eigenvalue weighted by Crippen LogP contribution is 2.25. The predicted molar refractivity (Wildman–Crippen MR) is 85.2 cm³/mol. The van der Waals surface area contributed by atoms with Crippen LogP contribution in [-0.4, -0.2) is 36.2 Å². The monoisotopic (exact) mass is 282 g/mol. The molecule has 1 atom stereocenters. The van der Waals surface area contributed by atoms with E-state index in [0.717, 1.165) is 32.0 Å². The average molecular weight is 282 g/mol. The summed E-state index contributed by atoms with van der Waals surface area (Å²) < 4.78 is 5.42. The second kappa shape index (κ2) is 6.37. The Bertz CT molecular complexity index is 571. The molecular weight excluding hydrogens is 260 g/mol. The van der Waals surface area contributed by atoms with E-state index in [1.54, 1.807) is 0 Å². The summed E-state index contributed by atoms with van der Waals surface area (Å²) >= 11 is 0. The maximum atomic E-state index is 5.42. The van der Waals surface area contributed by atoms with Crippen molar-refractivity contribution < 1.29 is 4.74 Å². The summed E-state index contributed by atoms with van der Waals surface area (Å²) in [5.41, 5.74) is 4.81. The van der Waals surface area contributed by atoms with E-state index < -0.39 is 0 Å². The van der Waals surface area contributed by atoms with Crippen LogP contribution in [0.1, 0.15) is 24.2 Å². The predicted octanol–water partition coefficient (Wildman–Crippen LogP) is 3.45. The molecule has 0 spiro atoms. The van der Waals surface area contributed by atoms with E-state index in [1.807, 2.05) is 13.1 Å². The van der Waals surface area contributed by atoms with Gasteiger partial charge in [0, 0.05) is 36.6 Å². The number of morpholine rings is 1. The number of hydrogen-bond donors (Lipinski definition) is 0. The zero-order chi connectivity index (χ0) is 14.7. The summed E-state index contributed by atoms with van der Waals surface area (Å²) in [4.78, 5) is 6.84. The second-order valence-corrected chi connectivity index (χ2v) is 5.63. The van der Waals surface area contributed by atoms with Crippen molar-refractivity contribution in [2.24, 2.45) is 0 Å². The SMILES string of the molecule is Cc1ccc(-c2ccc(C(C)N3CCOCC3)cc2)cn1. The molecule has 1 fully saturated rings. The molecule has 3 rings (SSSR count). The van der Waals surface area contributed by atoms with Crippen LogP contribution in [0.5, 0.6) is 0 Å². The van der Waals surface area contributed by atoms with E-state index >= 15 is 0 Å². The third-order valence-corrected chi connectivity index (χ3v) is 4.23. The Labute approximate surface area is 126 Å². The van der Waals surface area contributed by atoms with Crippen molar-refractivity contribution in [2.45, 2.75) is 19.9 Å². The highest BCUT2D eigenvalue weighted by molar-refractivity contribution is 5.62. The zero-order valence-electron chi connectivity index (χ0n) is 12.7. The molecule has 1 aromatic heterocycles. The van der Waals surface area contributed by atoms with Crippen LogP contribution in [0.4, 0.5) is 0 Å². The third kappa shape index (κ3) is 3.31. The Kier molecular flexibility index (Phi) is 4.32. The maximum Gasteiger partial charge on any atom is 0.0594 e. The number of pyridine rings is 1. The van der Waals surface area contributed by atoms with Gasteiger partial charge in [-0.2, -0.15) is 0 Å². The fourth-order valence-corrected chi connectivity index (χ4v) is 2.77. The van der Waals surface area contributed by atoms with Crippen molar-refractivity contribution >= 4 is 0 Å². The van der Waals surface area contributed by atoms with Gasteiger partial charge in [0.15, 0.2) is 0 Å². The van der Waals surface area contributed by atoms with E-state index in [4.69, 9.17) is 4.74 Å². The molecule has 21 heavy (non-hydrogen) atoms. The molecule has 1 aliphatic heterocycles. The van der Waals surface area contributed by atoms with Crippen molar-refractivity contribution in [2.75, 3.05) is 26.3 Å². The van der Waals surface area contributed by atoms with Gasteiger partial charge in [0.25, 0.3) is 0 Å². The van der Waals surface area contributed by atoms with E-state index in [9.17, 15) is 0 Å². The molecular formula is C18H22N2O. The van der Waals surface area contributed by atoms with Gasteiger partial charge in [-0.15, -0.1) is 0 Å². The first kappa shape index (κ1) is 14.2. The second-order valence-electron chi connectivity index (χ2n) is 5.63. The van der Waals surface area contributed by atoms with E-state index in [2.05, 4.69) is 53.2 Å². The number of benzene rings is 1. The Balaban J connectivity index is 1.75. The summed E-state index contributed by atoms with van der Waals surface area (Å²) in [5, 5.41) is 0. The van der Waals surface area contributed by atoms with Gasteiger partial charge in [0.1, 0.15) is 0 Å².